The summed E-state index contributed by atoms with van der Waals surface area (Å²) >= 11 is 0. The Morgan fingerprint density at radius 3 is 2.70 bits per heavy atom. The van der Waals surface area contributed by atoms with Gasteiger partial charge in [-0.25, -0.2) is 0 Å². The molecule has 2 rings (SSSR count). The van der Waals surface area contributed by atoms with E-state index in [2.05, 4.69) is 34.4 Å². The van der Waals surface area contributed by atoms with Gasteiger partial charge in [-0.2, -0.15) is 0 Å². The molecule has 6 heteroatoms. The molecule has 0 radical (unpaired) electrons. The fourth-order valence-corrected chi connectivity index (χ4v) is 3.38. The molecule has 23 heavy (non-hydrogen) atoms. The topological polar surface area (TPSA) is 69.1 Å². The second-order valence-corrected chi connectivity index (χ2v) is 7.19. The van der Waals surface area contributed by atoms with Crippen LogP contribution in [0, 0.1) is 5.41 Å². The molecular formula is C17H34N4O2. The lowest BCUT2D eigenvalue weighted by Crippen LogP contribution is -2.47. The van der Waals surface area contributed by atoms with E-state index in [4.69, 9.17) is 4.74 Å². The Kier molecular flexibility index (Phi) is 7.11. The van der Waals surface area contributed by atoms with Gasteiger partial charge in [0.2, 0.25) is 0 Å². The maximum absolute atomic E-state index is 9.29. The standard InChI is InChI=1S/C17H34N4O2/c1-14(2)21(15-4-5-15)9-8-19-16(18-3)20-12-17(6-10-22)7-11-23-13-17/h14-15,22H,4-13H2,1-3H3,(H2,18,19,20). The van der Waals surface area contributed by atoms with Gasteiger partial charge in [-0.05, 0) is 39.5 Å². The molecule has 134 valence electrons. The van der Waals surface area contributed by atoms with Crippen LogP contribution in [0.25, 0.3) is 0 Å². The van der Waals surface area contributed by atoms with Crippen LogP contribution in [0.1, 0.15) is 39.5 Å². The number of hydrogen-bond acceptors (Lipinski definition) is 4. The van der Waals surface area contributed by atoms with Gasteiger partial charge in [0.15, 0.2) is 5.96 Å². The summed E-state index contributed by atoms with van der Waals surface area (Å²) in [5, 5.41) is 16.1. The van der Waals surface area contributed by atoms with Gasteiger partial charge in [-0.1, -0.05) is 0 Å². The van der Waals surface area contributed by atoms with E-state index >= 15 is 0 Å². The molecule has 1 heterocycles. The number of guanidine groups is 1. The first kappa shape index (κ1) is 18.5. The molecule has 1 unspecified atom stereocenters. The van der Waals surface area contributed by atoms with Gasteiger partial charge >= 0.3 is 0 Å². The fraction of sp³-hybridized carbons (Fsp3) is 0.941. The van der Waals surface area contributed by atoms with Crippen LogP contribution in [0.4, 0.5) is 0 Å². The molecule has 2 fully saturated rings. The van der Waals surface area contributed by atoms with Crippen molar-refractivity contribution in [1.29, 1.82) is 0 Å². The lowest BCUT2D eigenvalue weighted by atomic mass is 9.84. The minimum atomic E-state index is 0.0460. The van der Waals surface area contributed by atoms with Crippen LogP contribution in [0.5, 0.6) is 0 Å². The molecule has 0 aromatic carbocycles. The maximum atomic E-state index is 9.29. The highest BCUT2D eigenvalue weighted by Gasteiger charge is 2.34. The molecular weight excluding hydrogens is 292 g/mol. The number of nitrogens with one attached hydrogen (secondary N) is 2. The molecule has 0 spiro atoms. The molecule has 2 aliphatic rings. The Morgan fingerprint density at radius 1 is 1.39 bits per heavy atom. The summed E-state index contributed by atoms with van der Waals surface area (Å²) in [6.45, 7) is 9.00. The number of aliphatic hydroxyl groups excluding tert-OH is 1. The smallest absolute Gasteiger partial charge is 0.191 e. The van der Waals surface area contributed by atoms with E-state index in [1.165, 1.54) is 12.8 Å². The van der Waals surface area contributed by atoms with Gasteiger partial charge in [-0.15, -0.1) is 0 Å². The molecule has 0 bridgehead atoms. The van der Waals surface area contributed by atoms with Crippen molar-refractivity contribution in [3.8, 4) is 0 Å². The summed E-state index contributed by atoms with van der Waals surface area (Å²) in [6.07, 6.45) is 4.46. The van der Waals surface area contributed by atoms with Crippen molar-refractivity contribution in [3.05, 3.63) is 0 Å². The van der Waals surface area contributed by atoms with Crippen molar-refractivity contribution in [1.82, 2.24) is 15.5 Å². The summed E-state index contributed by atoms with van der Waals surface area (Å²) in [5.74, 6) is 0.841. The predicted molar refractivity (Wildman–Crippen MR) is 93.8 cm³/mol. The third-order valence-corrected chi connectivity index (χ3v) is 5.02. The number of nitrogens with zero attached hydrogens (tertiary/aromatic N) is 2. The van der Waals surface area contributed by atoms with E-state index in [-0.39, 0.29) is 12.0 Å². The third kappa shape index (κ3) is 5.62. The fourth-order valence-electron chi connectivity index (χ4n) is 3.38. The largest absolute Gasteiger partial charge is 0.396 e. The van der Waals surface area contributed by atoms with E-state index < -0.39 is 0 Å². The summed E-state index contributed by atoms with van der Waals surface area (Å²) in [4.78, 5) is 6.88. The Hall–Kier alpha value is -0.850. The van der Waals surface area contributed by atoms with Crippen molar-refractivity contribution in [3.63, 3.8) is 0 Å². The van der Waals surface area contributed by atoms with E-state index in [9.17, 15) is 5.11 Å². The summed E-state index contributed by atoms with van der Waals surface area (Å²) < 4.78 is 5.53. The lowest BCUT2D eigenvalue weighted by Gasteiger charge is -2.29. The second-order valence-electron chi connectivity index (χ2n) is 7.19. The molecule has 1 saturated heterocycles. The van der Waals surface area contributed by atoms with E-state index in [1.54, 1.807) is 7.05 Å². The number of aliphatic imine (C=N–C) groups is 1. The Morgan fingerprint density at radius 2 is 2.17 bits per heavy atom. The summed E-state index contributed by atoms with van der Waals surface area (Å²) in [7, 11) is 1.81. The molecule has 1 saturated carbocycles. The quantitative estimate of drug-likeness (QED) is 0.432. The van der Waals surface area contributed by atoms with Crippen molar-refractivity contribution in [2.24, 2.45) is 10.4 Å². The first-order valence-corrected chi connectivity index (χ1v) is 8.99. The van der Waals surface area contributed by atoms with Crippen LogP contribution in [0.3, 0.4) is 0 Å². The SMILES string of the molecule is CN=C(NCCN(C(C)C)C1CC1)NCC1(CCO)CCOC1. The zero-order valence-electron chi connectivity index (χ0n) is 15.0. The minimum Gasteiger partial charge on any atom is -0.396 e. The van der Waals surface area contributed by atoms with Crippen LogP contribution in [-0.2, 0) is 4.74 Å². The highest BCUT2D eigenvalue weighted by molar-refractivity contribution is 5.79. The maximum Gasteiger partial charge on any atom is 0.191 e. The zero-order valence-corrected chi connectivity index (χ0v) is 15.0. The molecule has 1 atom stereocenters. The van der Waals surface area contributed by atoms with E-state index in [1.807, 2.05) is 0 Å². The molecule has 0 amide bonds. The highest BCUT2D eigenvalue weighted by atomic mass is 16.5. The van der Waals surface area contributed by atoms with Gasteiger partial charge in [0.05, 0.1) is 6.61 Å². The minimum absolute atomic E-state index is 0.0460. The first-order valence-electron chi connectivity index (χ1n) is 8.99. The Bertz CT molecular complexity index is 375. The third-order valence-electron chi connectivity index (χ3n) is 5.02. The van der Waals surface area contributed by atoms with Gasteiger partial charge in [0, 0.05) is 57.4 Å². The monoisotopic (exact) mass is 326 g/mol. The van der Waals surface area contributed by atoms with Crippen LogP contribution in [0.2, 0.25) is 0 Å². The van der Waals surface area contributed by atoms with Gasteiger partial charge in [0.1, 0.15) is 0 Å². The number of rotatable bonds is 9. The Balaban J connectivity index is 1.72. The van der Waals surface area contributed by atoms with Gasteiger partial charge in [0.25, 0.3) is 0 Å². The lowest BCUT2D eigenvalue weighted by molar-refractivity contribution is 0.127. The molecule has 1 aliphatic carbocycles. The number of aliphatic hydroxyl groups is 1. The highest BCUT2D eigenvalue weighted by Crippen LogP contribution is 2.31. The summed E-state index contributed by atoms with van der Waals surface area (Å²) in [5.41, 5.74) is 0.0460. The van der Waals surface area contributed by atoms with Gasteiger partial charge in [-0.3, -0.25) is 9.89 Å². The average molecular weight is 326 g/mol. The van der Waals surface area contributed by atoms with Crippen molar-refractivity contribution in [2.75, 3.05) is 46.5 Å². The predicted octanol–water partition coefficient (Wildman–Crippen LogP) is 0.813. The van der Waals surface area contributed by atoms with E-state index in [0.29, 0.717) is 6.04 Å². The molecule has 3 N–H and O–H groups in total. The van der Waals surface area contributed by atoms with E-state index in [0.717, 1.165) is 57.7 Å². The number of hydrogen-bond donors (Lipinski definition) is 3. The van der Waals surface area contributed by atoms with Crippen molar-refractivity contribution in [2.45, 2.75) is 51.6 Å². The molecule has 6 nitrogen and oxygen atoms in total. The van der Waals surface area contributed by atoms with Crippen LogP contribution >= 0.6 is 0 Å². The number of ether oxygens (including phenoxy) is 1. The molecule has 0 aromatic rings. The normalized spacial score (nSPS) is 25.4. The zero-order chi connectivity index (χ0) is 16.7. The molecule has 0 aromatic heterocycles. The van der Waals surface area contributed by atoms with Crippen LogP contribution < -0.4 is 10.6 Å². The van der Waals surface area contributed by atoms with Crippen LogP contribution in [-0.4, -0.2) is 74.6 Å². The van der Waals surface area contributed by atoms with Gasteiger partial charge < -0.3 is 20.5 Å². The summed E-state index contributed by atoms with van der Waals surface area (Å²) in [6, 6.07) is 1.39. The molecule has 1 aliphatic heterocycles. The van der Waals surface area contributed by atoms with Crippen LogP contribution in [0.15, 0.2) is 4.99 Å². The average Bonchev–Trinajstić information content (AvgIpc) is 3.26. The Labute approximate surface area is 140 Å². The van der Waals surface area contributed by atoms with Crippen molar-refractivity contribution >= 4 is 5.96 Å². The second kappa shape index (κ2) is 8.85. The first-order chi connectivity index (χ1) is 11.1. The van der Waals surface area contributed by atoms with Crippen molar-refractivity contribution < 1.29 is 9.84 Å².